The Morgan fingerprint density at radius 1 is 1.06 bits per heavy atom. The molecule has 184 valence electrons. The van der Waals surface area contributed by atoms with Crippen molar-refractivity contribution < 1.29 is 29.3 Å². The van der Waals surface area contributed by atoms with Crippen LogP contribution in [0, 0.1) is 5.41 Å². The van der Waals surface area contributed by atoms with E-state index in [2.05, 4.69) is 5.32 Å². The first-order chi connectivity index (χ1) is 16.3. The number of aliphatic carboxylic acids is 2. The van der Waals surface area contributed by atoms with Crippen LogP contribution in [-0.4, -0.2) is 41.4 Å². The molecule has 8 heteroatoms. The Balaban J connectivity index is 1.36. The molecule has 0 spiro atoms. The van der Waals surface area contributed by atoms with Crippen molar-refractivity contribution in [3.63, 3.8) is 0 Å². The summed E-state index contributed by atoms with van der Waals surface area (Å²) in [5.74, 6) is -1.00. The van der Waals surface area contributed by atoms with Crippen LogP contribution >= 0.6 is 11.6 Å². The third-order valence-electron chi connectivity index (χ3n) is 6.28. The van der Waals surface area contributed by atoms with Gasteiger partial charge in [-0.15, -0.1) is 0 Å². The Morgan fingerprint density at radius 3 is 2.38 bits per heavy atom. The molecule has 0 bridgehead atoms. The maximum Gasteiger partial charge on any atom is 0.321 e. The Morgan fingerprint density at radius 2 is 1.76 bits per heavy atom. The van der Waals surface area contributed by atoms with Gasteiger partial charge in [0.05, 0.1) is 18.2 Å². The van der Waals surface area contributed by atoms with Crippen LogP contribution in [0.4, 0.5) is 0 Å². The van der Waals surface area contributed by atoms with Gasteiger partial charge < -0.3 is 25.0 Å². The number of hydrogen-bond donors (Lipinski definition) is 3. The highest BCUT2D eigenvalue weighted by Crippen LogP contribution is 2.39. The summed E-state index contributed by atoms with van der Waals surface area (Å²) in [7, 11) is 0. The Labute approximate surface area is 205 Å². The monoisotopic (exact) mass is 489 g/mol. The molecule has 2 aromatic carbocycles. The molecular formula is C26H32ClNO6. The van der Waals surface area contributed by atoms with E-state index in [0.717, 1.165) is 30.6 Å². The molecule has 0 amide bonds. The fourth-order valence-electron chi connectivity index (χ4n) is 4.26. The van der Waals surface area contributed by atoms with Gasteiger partial charge in [-0.1, -0.05) is 29.8 Å². The van der Waals surface area contributed by atoms with E-state index < -0.39 is 17.4 Å². The van der Waals surface area contributed by atoms with Gasteiger partial charge in [0.2, 0.25) is 0 Å². The molecule has 1 aliphatic rings. The molecule has 0 heterocycles. The van der Waals surface area contributed by atoms with Crippen molar-refractivity contribution in [3.05, 3.63) is 58.6 Å². The molecule has 0 radical (unpaired) electrons. The summed E-state index contributed by atoms with van der Waals surface area (Å²) >= 11 is 6.24. The lowest BCUT2D eigenvalue weighted by atomic mass is 9.86. The van der Waals surface area contributed by atoms with Crippen molar-refractivity contribution in [1.82, 2.24) is 5.32 Å². The van der Waals surface area contributed by atoms with E-state index in [1.54, 1.807) is 0 Å². The van der Waals surface area contributed by atoms with Crippen LogP contribution in [0.2, 0.25) is 5.02 Å². The van der Waals surface area contributed by atoms with Crippen LogP contribution in [-0.2, 0) is 22.6 Å². The van der Waals surface area contributed by atoms with Crippen molar-refractivity contribution in [2.45, 2.75) is 58.0 Å². The number of halogens is 1. The van der Waals surface area contributed by atoms with E-state index in [-0.39, 0.29) is 18.9 Å². The van der Waals surface area contributed by atoms with Crippen LogP contribution in [0.1, 0.15) is 50.2 Å². The second-order valence-electron chi connectivity index (χ2n) is 8.66. The summed E-state index contributed by atoms with van der Waals surface area (Å²) in [6.45, 7) is 3.69. The highest BCUT2D eigenvalue weighted by atomic mass is 35.5. The van der Waals surface area contributed by atoms with Crippen molar-refractivity contribution in [3.8, 4) is 11.5 Å². The SMILES string of the molecule is CCOc1ccc(CCCCOc2ccc(CNC3CCC(C(=O)O)(C(=O)O)C3)cc2)cc1Cl. The van der Waals surface area contributed by atoms with Crippen molar-refractivity contribution >= 4 is 23.5 Å². The summed E-state index contributed by atoms with van der Waals surface area (Å²) < 4.78 is 11.3. The van der Waals surface area contributed by atoms with Crippen molar-refractivity contribution in [1.29, 1.82) is 0 Å². The minimum atomic E-state index is -1.67. The number of carboxylic acid groups (broad SMARTS) is 2. The molecule has 1 unspecified atom stereocenters. The first-order valence-electron chi connectivity index (χ1n) is 11.7. The fraction of sp³-hybridized carbons (Fsp3) is 0.462. The van der Waals surface area contributed by atoms with E-state index >= 15 is 0 Å². The predicted molar refractivity (Wildman–Crippen MR) is 130 cm³/mol. The van der Waals surface area contributed by atoms with Gasteiger partial charge in [-0.3, -0.25) is 9.59 Å². The van der Waals surface area contributed by atoms with E-state index in [1.807, 2.05) is 49.4 Å². The highest BCUT2D eigenvalue weighted by molar-refractivity contribution is 6.32. The zero-order valence-corrected chi connectivity index (χ0v) is 20.1. The third kappa shape index (κ3) is 6.64. The van der Waals surface area contributed by atoms with Crippen molar-refractivity contribution in [2.24, 2.45) is 5.41 Å². The first-order valence-corrected chi connectivity index (χ1v) is 12.0. The first kappa shape index (κ1) is 25.8. The molecule has 2 aromatic rings. The molecule has 3 rings (SSSR count). The normalized spacial score (nSPS) is 16.8. The number of ether oxygens (including phenoxy) is 2. The number of carboxylic acids is 2. The number of nitrogens with one attached hydrogen (secondary N) is 1. The van der Waals surface area contributed by atoms with Crippen LogP contribution in [0.25, 0.3) is 0 Å². The lowest BCUT2D eigenvalue weighted by Crippen LogP contribution is -2.39. The van der Waals surface area contributed by atoms with Gasteiger partial charge in [0.25, 0.3) is 0 Å². The van der Waals surface area contributed by atoms with Gasteiger partial charge in [-0.05, 0) is 80.8 Å². The standard InChI is InChI=1S/C26H32ClNO6/c1-2-33-23-11-8-18(15-22(23)27)5-3-4-14-34-21-9-6-19(7-10-21)17-28-20-12-13-26(16-20,24(29)30)25(31)32/h6-11,15,20,28H,2-5,12-14,16-17H2,1H3,(H,29,30)(H,31,32). The van der Waals surface area contributed by atoms with Gasteiger partial charge in [0, 0.05) is 12.6 Å². The molecule has 1 atom stereocenters. The average Bonchev–Trinajstić information content (AvgIpc) is 3.26. The molecule has 3 N–H and O–H groups in total. The van der Waals surface area contributed by atoms with Crippen LogP contribution in [0.5, 0.6) is 11.5 Å². The number of rotatable bonds is 13. The number of aryl methyl sites for hydroxylation is 1. The molecule has 1 saturated carbocycles. The molecule has 0 aliphatic heterocycles. The topological polar surface area (TPSA) is 105 Å². The minimum Gasteiger partial charge on any atom is -0.494 e. The average molecular weight is 490 g/mol. The summed E-state index contributed by atoms with van der Waals surface area (Å²) in [6.07, 6.45) is 3.61. The zero-order chi connectivity index (χ0) is 24.6. The summed E-state index contributed by atoms with van der Waals surface area (Å²) in [6, 6.07) is 13.5. The fourth-order valence-corrected chi connectivity index (χ4v) is 4.52. The van der Waals surface area contributed by atoms with E-state index in [1.165, 1.54) is 5.56 Å². The summed E-state index contributed by atoms with van der Waals surface area (Å²) in [4.78, 5) is 22.9. The zero-order valence-electron chi connectivity index (χ0n) is 19.4. The Kier molecular flexibility index (Phi) is 9.19. The van der Waals surface area contributed by atoms with E-state index in [9.17, 15) is 19.8 Å². The predicted octanol–water partition coefficient (Wildman–Crippen LogP) is 4.94. The highest BCUT2D eigenvalue weighted by Gasteiger charge is 2.51. The molecule has 1 fully saturated rings. The lowest BCUT2D eigenvalue weighted by molar-refractivity contribution is -0.164. The Hall–Kier alpha value is -2.77. The van der Waals surface area contributed by atoms with Crippen LogP contribution in [0.15, 0.2) is 42.5 Å². The van der Waals surface area contributed by atoms with Gasteiger partial charge in [0.1, 0.15) is 11.5 Å². The molecule has 34 heavy (non-hydrogen) atoms. The number of carbonyl (C=O) groups is 2. The quantitative estimate of drug-likeness (QED) is 0.270. The Bertz CT molecular complexity index is 964. The number of benzene rings is 2. The molecule has 1 aliphatic carbocycles. The molecular weight excluding hydrogens is 458 g/mol. The van der Waals surface area contributed by atoms with Crippen LogP contribution in [0.3, 0.4) is 0 Å². The summed E-state index contributed by atoms with van der Waals surface area (Å²) in [5.41, 5.74) is 0.536. The van der Waals surface area contributed by atoms with Gasteiger partial charge in [0.15, 0.2) is 5.41 Å². The van der Waals surface area contributed by atoms with Gasteiger partial charge in [-0.25, -0.2) is 0 Å². The smallest absolute Gasteiger partial charge is 0.321 e. The second kappa shape index (κ2) is 12.1. The number of unbranched alkanes of at least 4 members (excludes halogenated alkanes) is 1. The second-order valence-corrected chi connectivity index (χ2v) is 9.07. The minimum absolute atomic E-state index is 0.0989. The maximum atomic E-state index is 11.4. The van der Waals surface area contributed by atoms with E-state index in [0.29, 0.717) is 37.0 Å². The third-order valence-corrected chi connectivity index (χ3v) is 6.57. The van der Waals surface area contributed by atoms with Crippen molar-refractivity contribution in [2.75, 3.05) is 13.2 Å². The van der Waals surface area contributed by atoms with Gasteiger partial charge >= 0.3 is 11.9 Å². The van der Waals surface area contributed by atoms with Crippen LogP contribution < -0.4 is 14.8 Å². The molecule has 7 nitrogen and oxygen atoms in total. The molecule has 0 aromatic heterocycles. The van der Waals surface area contributed by atoms with E-state index in [4.69, 9.17) is 21.1 Å². The number of hydrogen-bond acceptors (Lipinski definition) is 5. The molecule has 0 saturated heterocycles. The largest absolute Gasteiger partial charge is 0.494 e. The maximum absolute atomic E-state index is 11.4. The van der Waals surface area contributed by atoms with Gasteiger partial charge in [-0.2, -0.15) is 0 Å². The lowest BCUT2D eigenvalue weighted by Gasteiger charge is -2.19. The summed E-state index contributed by atoms with van der Waals surface area (Å²) in [5, 5.41) is 22.6.